The third-order valence-electron chi connectivity index (χ3n) is 2.90. The molecule has 0 radical (unpaired) electrons. The Kier molecular flexibility index (Phi) is 4.50. The molecule has 21 heavy (non-hydrogen) atoms. The lowest BCUT2D eigenvalue weighted by Gasteiger charge is -2.09. The molecule has 0 saturated heterocycles. The van der Waals surface area contributed by atoms with E-state index in [0.29, 0.717) is 6.42 Å². The number of rotatable bonds is 5. The Morgan fingerprint density at radius 1 is 1.48 bits per heavy atom. The van der Waals surface area contributed by atoms with Crippen molar-refractivity contribution in [3.8, 4) is 0 Å². The Bertz CT molecular complexity index is 761. The van der Waals surface area contributed by atoms with Crippen LogP contribution in [-0.2, 0) is 23.5 Å². The number of nitrogens with zero attached hydrogens (tertiary/aromatic N) is 2. The first kappa shape index (κ1) is 15.7. The number of nitrogens with one attached hydrogen (secondary N) is 1. The minimum Gasteiger partial charge on any atom is -0.396 e. The van der Waals surface area contributed by atoms with E-state index in [9.17, 15) is 12.8 Å². The average Bonchev–Trinajstić information content (AvgIpc) is 2.79. The van der Waals surface area contributed by atoms with Crippen LogP contribution in [0.4, 0.5) is 10.1 Å². The summed E-state index contributed by atoms with van der Waals surface area (Å²) in [5.74, 6) is -0.0191. The smallest absolute Gasteiger partial charge is 0.242 e. The second-order valence-corrected chi connectivity index (χ2v) is 6.55. The van der Waals surface area contributed by atoms with Crippen molar-refractivity contribution in [1.29, 1.82) is 0 Å². The molecule has 1 aromatic carbocycles. The van der Waals surface area contributed by atoms with E-state index in [2.05, 4.69) is 9.71 Å². The van der Waals surface area contributed by atoms with Gasteiger partial charge in [0.05, 0.1) is 10.7 Å². The second-order valence-electron chi connectivity index (χ2n) is 4.41. The van der Waals surface area contributed by atoms with E-state index in [-0.39, 0.29) is 22.2 Å². The number of halogens is 2. The molecule has 0 aliphatic carbocycles. The maximum Gasteiger partial charge on any atom is 0.242 e. The first-order valence-corrected chi connectivity index (χ1v) is 7.88. The average molecular weight is 333 g/mol. The number of sulfonamides is 1. The molecule has 6 nitrogen and oxygen atoms in total. The standard InChI is InChI=1S/C12H14ClFN4O2S/c1-18-5-4-16-12(18)2-3-17-21(19,20)11-7-10(15)9(14)6-8(11)13/h4-7,17H,2-3,15H2,1H3. The highest BCUT2D eigenvalue weighted by atomic mass is 35.5. The zero-order chi connectivity index (χ0) is 15.6. The molecule has 0 bridgehead atoms. The number of anilines is 1. The molecule has 0 unspecified atom stereocenters. The van der Waals surface area contributed by atoms with E-state index < -0.39 is 15.8 Å². The molecule has 2 aromatic rings. The van der Waals surface area contributed by atoms with Crippen molar-refractivity contribution in [3.63, 3.8) is 0 Å². The number of imidazole rings is 1. The second kappa shape index (κ2) is 6.00. The zero-order valence-electron chi connectivity index (χ0n) is 11.2. The lowest BCUT2D eigenvalue weighted by atomic mass is 10.3. The number of hydrogen-bond acceptors (Lipinski definition) is 4. The third-order valence-corrected chi connectivity index (χ3v) is 4.83. The lowest BCUT2D eigenvalue weighted by molar-refractivity contribution is 0.579. The highest BCUT2D eigenvalue weighted by Crippen LogP contribution is 2.26. The van der Waals surface area contributed by atoms with E-state index in [1.807, 2.05) is 7.05 Å². The third kappa shape index (κ3) is 3.52. The zero-order valence-corrected chi connectivity index (χ0v) is 12.7. The number of nitrogens with two attached hydrogens (primary N) is 1. The van der Waals surface area contributed by atoms with E-state index in [0.717, 1.165) is 18.0 Å². The summed E-state index contributed by atoms with van der Waals surface area (Å²) in [4.78, 5) is 3.84. The molecule has 3 N–H and O–H groups in total. The van der Waals surface area contributed by atoms with Crippen LogP contribution >= 0.6 is 11.6 Å². The summed E-state index contributed by atoms with van der Waals surface area (Å²) in [6.45, 7) is 0.140. The Morgan fingerprint density at radius 2 is 2.19 bits per heavy atom. The molecular formula is C12H14ClFN4O2S. The van der Waals surface area contributed by atoms with Gasteiger partial charge in [-0.05, 0) is 12.1 Å². The van der Waals surface area contributed by atoms with Crippen molar-refractivity contribution in [2.24, 2.45) is 7.05 Å². The molecule has 0 aliphatic rings. The van der Waals surface area contributed by atoms with E-state index in [1.54, 1.807) is 17.0 Å². The molecule has 0 atom stereocenters. The van der Waals surface area contributed by atoms with Crippen LogP contribution in [0.15, 0.2) is 29.4 Å². The molecule has 0 spiro atoms. The fourth-order valence-corrected chi connectivity index (χ4v) is 3.34. The molecule has 0 fully saturated rings. The van der Waals surface area contributed by atoms with Gasteiger partial charge in [-0.1, -0.05) is 11.6 Å². The Morgan fingerprint density at radius 3 is 2.81 bits per heavy atom. The van der Waals surface area contributed by atoms with E-state index >= 15 is 0 Å². The summed E-state index contributed by atoms with van der Waals surface area (Å²) in [6.07, 6.45) is 3.81. The van der Waals surface area contributed by atoms with Crippen LogP contribution in [-0.4, -0.2) is 24.5 Å². The summed E-state index contributed by atoms with van der Waals surface area (Å²) < 4.78 is 41.6. The van der Waals surface area contributed by atoms with Crippen LogP contribution < -0.4 is 10.5 Å². The first-order valence-electron chi connectivity index (χ1n) is 6.01. The lowest BCUT2D eigenvalue weighted by Crippen LogP contribution is -2.27. The normalized spacial score (nSPS) is 11.8. The molecule has 1 heterocycles. The number of hydrogen-bond donors (Lipinski definition) is 2. The fourth-order valence-electron chi connectivity index (χ4n) is 1.76. The van der Waals surface area contributed by atoms with Crippen LogP contribution in [0, 0.1) is 5.82 Å². The summed E-state index contributed by atoms with van der Waals surface area (Å²) in [5, 5.41) is -0.216. The maximum absolute atomic E-state index is 13.2. The molecule has 0 aliphatic heterocycles. The van der Waals surface area contributed by atoms with Crippen LogP contribution in [0.1, 0.15) is 5.82 Å². The van der Waals surface area contributed by atoms with Gasteiger partial charge in [-0.25, -0.2) is 22.5 Å². The van der Waals surface area contributed by atoms with Gasteiger partial charge >= 0.3 is 0 Å². The van der Waals surface area contributed by atoms with Crippen molar-refractivity contribution in [2.75, 3.05) is 12.3 Å². The number of benzene rings is 1. The molecule has 114 valence electrons. The van der Waals surface area contributed by atoms with E-state index in [1.165, 1.54) is 0 Å². The molecule has 0 saturated carbocycles. The van der Waals surface area contributed by atoms with Gasteiger partial charge in [0.15, 0.2) is 0 Å². The minimum absolute atomic E-state index is 0.140. The molecular weight excluding hydrogens is 319 g/mol. The van der Waals surface area contributed by atoms with E-state index in [4.69, 9.17) is 17.3 Å². The van der Waals surface area contributed by atoms with Gasteiger partial charge in [0, 0.05) is 32.4 Å². The largest absolute Gasteiger partial charge is 0.396 e. The minimum atomic E-state index is -3.86. The van der Waals surface area contributed by atoms with Gasteiger partial charge in [-0.3, -0.25) is 0 Å². The highest BCUT2D eigenvalue weighted by molar-refractivity contribution is 7.89. The van der Waals surface area contributed by atoms with Gasteiger partial charge < -0.3 is 10.3 Å². The summed E-state index contributed by atoms with van der Waals surface area (Å²) in [5.41, 5.74) is 5.10. The van der Waals surface area contributed by atoms with Crippen molar-refractivity contribution in [1.82, 2.24) is 14.3 Å². The van der Waals surface area contributed by atoms with Crippen LogP contribution in [0.3, 0.4) is 0 Å². The quantitative estimate of drug-likeness (QED) is 0.808. The SMILES string of the molecule is Cn1ccnc1CCNS(=O)(=O)c1cc(N)c(F)cc1Cl. The molecule has 0 amide bonds. The Labute approximate surface area is 126 Å². The predicted molar refractivity (Wildman–Crippen MR) is 77.9 cm³/mol. The summed E-state index contributed by atoms with van der Waals surface area (Å²) in [6, 6.07) is 1.88. The first-order chi connectivity index (χ1) is 9.81. The van der Waals surface area contributed by atoms with Crippen LogP contribution in [0.5, 0.6) is 0 Å². The Balaban J connectivity index is 2.12. The number of aryl methyl sites for hydroxylation is 1. The van der Waals surface area contributed by atoms with Gasteiger partial charge in [0.1, 0.15) is 16.5 Å². The fraction of sp³-hybridized carbons (Fsp3) is 0.250. The van der Waals surface area contributed by atoms with Gasteiger partial charge in [-0.15, -0.1) is 0 Å². The van der Waals surface area contributed by atoms with Gasteiger partial charge in [0.2, 0.25) is 10.0 Å². The molecule has 9 heteroatoms. The van der Waals surface area contributed by atoms with Crippen LogP contribution in [0.2, 0.25) is 5.02 Å². The van der Waals surface area contributed by atoms with Gasteiger partial charge in [-0.2, -0.15) is 0 Å². The monoisotopic (exact) mass is 332 g/mol. The highest BCUT2D eigenvalue weighted by Gasteiger charge is 2.19. The van der Waals surface area contributed by atoms with Crippen molar-refractivity contribution in [2.45, 2.75) is 11.3 Å². The van der Waals surface area contributed by atoms with Crippen molar-refractivity contribution < 1.29 is 12.8 Å². The Hall–Kier alpha value is -1.64. The topological polar surface area (TPSA) is 90.0 Å². The maximum atomic E-state index is 13.2. The number of aromatic nitrogens is 2. The van der Waals surface area contributed by atoms with Crippen LogP contribution in [0.25, 0.3) is 0 Å². The predicted octanol–water partition coefficient (Wildman–Crippen LogP) is 1.32. The summed E-state index contributed by atoms with van der Waals surface area (Å²) >= 11 is 5.76. The van der Waals surface area contributed by atoms with Gasteiger partial charge in [0.25, 0.3) is 0 Å². The molecule has 2 rings (SSSR count). The molecule has 1 aromatic heterocycles. The summed E-state index contributed by atoms with van der Waals surface area (Å²) in [7, 11) is -2.05. The van der Waals surface area contributed by atoms with Crippen molar-refractivity contribution in [3.05, 3.63) is 41.2 Å². The number of nitrogen functional groups attached to an aromatic ring is 1. The van der Waals surface area contributed by atoms with Crippen molar-refractivity contribution >= 4 is 27.3 Å².